The van der Waals surface area contributed by atoms with Crippen LogP contribution in [0.3, 0.4) is 0 Å². The standard InChI is InChI=1S/C13H19FN2O/c1-9(15)10-4-3-5-11(14)12(10)16-7-6-13(2,17)8-16/h3-5,9,17H,6-8,15H2,1-2H3/t9-,13?/m0/s1. The van der Waals surface area contributed by atoms with Crippen LogP contribution in [0.15, 0.2) is 18.2 Å². The first-order chi connectivity index (χ1) is 7.91. The Labute approximate surface area is 101 Å². The van der Waals surface area contributed by atoms with Gasteiger partial charge in [0.05, 0.1) is 11.3 Å². The molecule has 1 fully saturated rings. The van der Waals surface area contributed by atoms with Crippen molar-refractivity contribution < 1.29 is 9.50 Å². The molecule has 1 aromatic rings. The molecule has 1 aliphatic rings. The van der Waals surface area contributed by atoms with E-state index in [1.54, 1.807) is 13.0 Å². The molecule has 0 spiro atoms. The molecule has 2 rings (SSSR count). The van der Waals surface area contributed by atoms with Gasteiger partial charge in [0.1, 0.15) is 5.82 Å². The lowest BCUT2D eigenvalue weighted by atomic mass is 10.1. The molecule has 0 saturated carbocycles. The molecule has 1 heterocycles. The predicted molar refractivity (Wildman–Crippen MR) is 66.5 cm³/mol. The Bertz CT molecular complexity index is 418. The summed E-state index contributed by atoms with van der Waals surface area (Å²) in [6.07, 6.45) is 0.653. The second-order valence-corrected chi connectivity index (χ2v) is 5.13. The molecule has 1 aliphatic heterocycles. The average Bonchev–Trinajstić information content (AvgIpc) is 2.58. The van der Waals surface area contributed by atoms with Crippen LogP contribution in [0.1, 0.15) is 31.9 Å². The third-order valence-corrected chi connectivity index (χ3v) is 3.28. The molecule has 0 bridgehead atoms. The van der Waals surface area contributed by atoms with E-state index in [1.807, 2.05) is 17.9 Å². The first kappa shape index (κ1) is 12.3. The number of nitrogens with two attached hydrogens (primary N) is 1. The Hall–Kier alpha value is -1.13. The lowest BCUT2D eigenvalue weighted by Gasteiger charge is -2.25. The summed E-state index contributed by atoms with van der Waals surface area (Å²) >= 11 is 0. The molecule has 0 radical (unpaired) electrons. The van der Waals surface area contributed by atoms with Crippen LogP contribution in [0.5, 0.6) is 0 Å². The molecule has 3 nitrogen and oxygen atoms in total. The summed E-state index contributed by atoms with van der Waals surface area (Å²) in [4.78, 5) is 1.88. The van der Waals surface area contributed by atoms with Crippen LogP contribution in [-0.4, -0.2) is 23.8 Å². The summed E-state index contributed by atoms with van der Waals surface area (Å²) in [7, 11) is 0. The number of hydrogen-bond acceptors (Lipinski definition) is 3. The van der Waals surface area contributed by atoms with Crippen molar-refractivity contribution in [2.45, 2.75) is 31.9 Å². The van der Waals surface area contributed by atoms with E-state index in [0.29, 0.717) is 25.2 Å². The third kappa shape index (κ3) is 2.42. The van der Waals surface area contributed by atoms with Gasteiger partial charge in [0, 0.05) is 19.1 Å². The highest BCUT2D eigenvalue weighted by Crippen LogP contribution is 2.33. The summed E-state index contributed by atoms with van der Waals surface area (Å²) in [5.74, 6) is -0.266. The molecule has 4 heteroatoms. The molecule has 3 N–H and O–H groups in total. The first-order valence-electron chi connectivity index (χ1n) is 5.92. The van der Waals surface area contributed by atoms with Gasteiger partial charge in [-0.3, -0.25) is 0 Å². The molecule has 0 aromatic heterocycles. The Morgan fingerprint density at radius 1 is 1.53 bits per heavy atom. The fraction of sp³-hybridized carbons (Fsp3) is 0.538. The van der Waals surface area contributed by atoms with E-state index < -0.39 is 5.60 Å². The average molecular weight is 238 g/mol. The Morgan fingerprint density at radius 3 is 2.76 bits per heavy atom. The molecular formula is C13H19FN2O. The molecule has 1 aromatic carbocycles. The van der Waals surface area contributed by atoms with Crippen molar-refractivity contribution in [3.8, 4) is 0 Å². The molecule has 2 atom stereocenters. The highest BCUT2D eigenvalue weighted by atomic mass is 19.1. The Balaban J connectivity index is 2.38. The van der Waals surface area contributed by atoms with E-state index in [9.17, 15) is 9.50 Å². The largest absolute Gasteiger partial charge is 0.388 e. The minimum atomic E-state index is -0.739. The summed E-state index contributed by atoms with van der Waals surface area (Å²) in [5.41, 5.74) is 6.46. The van der Waals surface area contributed by atoms with E-state index in [0.717, 1.165) is 5.56 Å². The number of halogens is 1. The van der Waals surface area contributed by atoms with Crippen LogP contribution in [0.25, 0.3) is 0 Å². The van der Waals surface area contributed by atoms with Crippen LogP contribution < -0.4 is 10.6 Å². The molecule has 1 unspecified atom stereocenters. The van der Waals surface area contributed by atoms with Crippen molar-refractivity contribution in [3.05, 3.63) is 29.6 Å². The number of hydrogen-bond donors (Lipinski definition) is 2. The van der Waals surface area contributed by atoms with Gasteiger partial charge in [0.2, 0.25) is 0 Å². The van der Waals surface area contributed by atoms with Gasteiger partial charge in [0.15, 0.2) is 0 Å². The van der Waals surface area contributed by atoms with Gasteiger partial charge < -0.3 is 15.7 Å². The number of benzene rings is 1. The number of nitrogens with zero attached hydrogens (tertiary/aromatic N) is 1. The summed E-state index contributed by atoms with van der Waals surface area (Å²) in [5, 5.41) is 9.95. The van der Waals surface area contributed by atoms with Crippen LogP contribution in [-0.2, 0) is 0 Å². The van der Waals surface area contributed by atoms with Crippen molar-refractivity contribution in [1.29, 1.82) is 0 Å². The number of aliphatic hydroxyl groups is 1. The van der Waals surface area contributed by atoms with Gasteiger partial charge in [-0.05, 0) is 31.9 Å². The van der Waals surface area contributed by atoms with Gasteiger partial charge in [0.25, 0.3) is 0 Å². The van der Waals surface area contributed by atoms with Crippen LogP contribution in [0, 0.1) is 5.82 Å². The second-order valence-electron chi connectivity index (χ2n) is 5.13. The monoisotopic (exact) mass is 238 g/mol. The number of anilines is 1. The van der Waals surface area contributed by atoms with Gasteiger partial charge in [-0.15, -0.1) is 0 Å². The quantitative estimate of drug-likeness (QED) is 0.826. The van der Waals surface area contributed by atoms with E-state index in [-0.39, 0.29) is 11.9 Å². The van der Waals surface area contributed by atoms with E-state index in [2.05, 4.69) is 0 Å². The molecular weight excluding hydrogens is 219 g/mol. The van der Waals surface area contributed by atoms with E-state index in [1.165, 1.54) is 6.07 Å². The lowest BCUT2D eigenvalue weighted by Crippen LogP contribution is -2.31. The molecule has 17 heavy (non-hydrogen) atoms. The predicted octanol–water partition coefficient (Wildman–Crippen LogP) is 1.81. The normalized spacial score (nSPS) is 26.3. The van der Waals surface area contributed by atoms with Crippen molar-refractivity contribution in [2.24, 2.45) is 5.73 Å². The summed E-state index contributed by atoms with van der Waals surface area (Å²) < 4.78 is 13.9. The highest BCUT2D eigenvalue weighted by molar-refractivity contribution is 5.57. The topological polar surface area (TPSA) is 49.5 Å². The zero-order valence-corrected chi connectivity index (χ0v) is 10.3. The molecule has 0 amide bonds. The maximum atomic E-state index is 13.9. The fourth-order valence-electron chi connectivity index (χ4n) is 2.37. The lowest BCUT2D eigenvalue weighted by molar-refractivity contribution is 0.0839. The second kappa shape index (κ2) is 4.27. The fourth-order valence-corrected chi connectivity index (χ4v) is 2.37. The maximum Gasteiger partial charge on any atom is 0.146 e. The van der Waals surface area contributed by atoms with Crippen LogP contribution >= 0.6 is 0 Å². The minimum Gasteiger partial charge on any atom is -0.388 e. The Kier molecular flexibility index (Phi) is 3.10. The van der Waals surface area contributed by atoms with Crippen molar-refractivity contribution in [1.82, 2.24) is 0 Å². The van der Waals surface area contributed by atoms with Crippen molar-refractivity contribution >= 4 is 5.69 Å². The zero-order chi connectivity index (χ0) is 12.6. The van der Waals surface area contributed by atoms with Gasteiger partial charge in [-0.25, -0.2) is 4.39 Å². The van der Waals surface area contributed by atoms with Crippen molar-refractivity contribution in [2.75, 3.05) is 18.0 Å². The van der Waals surface area contributed by atoms with Crippen molar-refractivity contribution in [3.63, 3.8) is 0 Å². The molecule has 94 valence electrons. The van der Waals surface area contributed by atoms with Gasteiger partial charge in [-0.1, -0.05) is 12.1 Å². The van der Waals surface area contributed by atoms with Gasteiger partial charge >= 0.3 is 0 Å². The molecule has 0 aliphatic carbocycles. The number of β-amino-alcohol motifs (C(OH)–C–C–N with tert-alkyl or cyclic N) is 1. The van der Waals surface area contributed by atoms with Crippen LogP contribution in [0.2, 0.25) is 0 Å². The SMILES string of the molecule is C[C@H](N)c1cccc(F)c1N1CCC(C)(O)C1. The van der Waals surface area contributed by atoms with E-state index in [4.69, 9.17) is 5.73 Å². The highest BCUT2D eigenvalue weighted by Gasteiger charge is 2.33. The number of para-hydroxylation sites is 1. The Morgan fingerprint density at radius 2 is 2.24 bits per heavy atom. The molecule has 1 saturated heterocycles. The minimum absolute atomic E-state index is 0.216. The smallest absolute Gasteiger partial charge is 0.146 e. The van der Waals surface area contributed by atoms with E-state index >= 15 is 0 Å². The van der Waals surface area contributed by atoms with Gasteiger partial charge in [-0.2, -0.15) is 0 Å². The summed E-state index contributed by atoms with van der Waals surface area (Å²) in [6.45, 7) is 4.73. The third-order valence-electron chi connectivity index (χ3n) is 3.28. The van der Waals surface area contributed by atoms with Crippen LogP contribution in [0.4, 0.5) is 10.1 Å². The first-order valence-corrected chi connectivity index (χ1v) is 5.92. The maximum absolute atomic E-state index is 13.9. The number of rotatable bonds is 2. The summed E-state index contributed by atoms with van der Waals surface area (Å²) in [6, 6.07) is 4.74. The zero-order valence-electron chi connectivity index (χ0n) is 10.3.